The van der Waals surface area contributed by atoms with Gasteiger partial charge < -0.3 is 5.11 Å². The average Bonchev–Trinajstić information content (AvgIpc) is 2.18. The summed E-state index contributed by atoms with van der Waals surface area (Å²) in [7, 11) is 0. The van der Waals surface area contributed by atoms with Crippen LogP contribution in [0.1, 0.15) is 19.7 Å². The van der Waals surface area contributed by atoms with Gasteiger partial charge in [0.2, 0.25) is 0 Å². The number of aromatic nitrogens is 2. The number of nitrogens with zero attached hydrogens (tertiary/aromatic N) is 2. The second kappa shape index (κ2) is 5.41. The van der Waals surface area contributed by atoms with Crippen molar-refractivity contribution in [2.45, 2.75) is 26.4 Å². The van der Waals surface area contributed by atoms with Crippen molar-refractivity contribution in [2.24, 2.45) is 5.92 Å². The molecule has 5 heteroatoms. The molecule has 0 bridgehead atoms. The Labute approximate surface area is 88.6 Å². The van der Waals surface area contributed by atoms with Crippen molar-refractivity contribution in [2.75, 3.05) is 0 Å². The molecular formula is C10H15N3O2. The van der Waals surface area contributed by atoms with Crippen LogP contribution < -0.4 is 5.32 Å². The van der Waals surface area contributed by atoms with Crippen LogP contribution in [0.4, 0.5) is 0 Å². The Balaban J connectivity index is 2.51. The molecule has 1 aromatic rings. The summed E-state index contributed by atoms with van der Waals surface area (Å²) >= 11 is 0. The third-order valence-corrected chi connectivity index (χ3v) is 2.03. The molecule has 1 aromatic heterocycles. The molecule has 0 fully saturated rings. The fraction of sp³-hybridized carbons (Fsp3) is 0.500. The Bertz CT molecular complexity index is 314. The van der Waals surface area contributed by atoms with E-state index in [-0.39, 0.29) is 5.92 Å². The van der Waals surface area contributed by atoms with Crippen molar-refractivity contribution in [1.82, 2.24) is 15.3 Å². The maximum absolute atomic E-state index is 10.9. The molecule has 5 nitrogen and oxygen atoms in total. The molecule has 0 aromatic carbocycles. The van der Waals surface area contributed by atoms with Gasteiger partial charge in [-0.05, 0) is 12.0 Å². The van der Waals surface area contributed by atoms with Crippen molar-refractivity contribution >= 4 is 5.97 Å². The fourth-order valence-electron chi connectivity index (χ4n) is 1.23. The summed E-state index contributed by atoms with van der Waals surface area (Å²) in [6.07, 6.45) is 3.27. The van der Waals surface area contributed by atoms with Gasteiger partial charge in [0.05, 0.1) is 6.54 Å². The number of hydrogen-bond acceptors (Lipinski definition) is 4. The van der Waals surface area contributed by atoms with Gasteiger partial charge in [-0.1, -0.05) is 13.8 Å². The Morgan fingerprint density at radius 1 is 1.47 bits per heavy atom. The topological polar surface area (TPSA) is 75.1 Å². The quantitative estimate of drug-likeness (QED) is 0.745. The molecule has 0 aliphatic rings. The lowest BCUT2D eigenvalue weighted by molar-refractivity contribution is -0.140. The van der Waals surface area contributed by atoms with Crippen LogP contribution in [-0.2, 0) is 11.3 Å². The van der Waals surface area contributed by atoms with Crippen LogP contribution in [0.5, 0.6) is 0 Å². The molecule has 82 valence electrons. The third-order valence-electron chi connectivity index (χ3n) is 2.03. The average molecular weight is 209 g/mol. The maximum Gasteiger partial charge on any atom is 0.320 e. The first-order valence-electron chi connectivity index (χ1n) is 4.83. The molecule has 1 unspecified atom stereocenters. The molecule has 1 atom stereocenters. The predicted molar refractivity (Wildman–Crippen MR) is 55.1 cm³/mol. The number of rotatable bonds is 5. The van der Waals surface area contributed by atoms with E-state index in [4.69, 9.17) is 5.11 Å². The van der Waals surface area contributed by atoms with Crippen molar-refractivity contribution in [3.05, 3.63) is 24.3 Å². The molecule has 15 heavy (non-hydrogen) atoms. The summed E-state index contributed by atoms with van der Waals surface area (Å²) in [5.74, 6) is -0.212. The SMILES string of the molecule is CC(C)C(NCc1ncccn1)C(=O)O. The van der Waals surface area contributed by atoms with E-state index in [1.54, 1.807) is 18.5 Å². The van der Waals surface area contributed by atoms with E-state index in [9.17, 15) is 4.79 Å². The van der Waals surface area contributed by atoms with Crippen molar-refractivity contribution in [1.29, 1.82) is 0 Å². The largest absolute Gasteiger partial charge is 0.480 e. The Kier molecular flexibility index (Phi) is 4.17. The van der Waals surface area contributed by atoms with Gasteiger partial charge in [0.1, 0.15) is 11.9 Å². The number of carboxylic acids is 1. The van der Waals surface area contributed by atoms with E-state index in [2.05, 4.69) is 15.3 Å². The summed E-state index contributed by atoms with van der Waals surface area (Å²) in [6.45, 7) is 4.09. The zero-order chi connectivity index (χ0) is 11.3. The molecule has 1 heterocycles. The molecule has 0 aliphatic heterocycles. The highest BCUT2D eigenvalue weighted by Crippen LogP contribution is 2.02. The lowest BCUT2D eigenvalue weighted by Gasteiger charge is -2.17. The second-order valence-electron chi connectivity index (χ2n) is 3.61. The van der Waals surface area contributed by atoms with E-state index < -0.39 is 12.0 Å². The van der Waals surface area contributed by atoms with E-state index in [1.807, 2.05) is 13.8 Å². The first-order chi connectivity index (χ1) is 7.11. The molecule has 2 N–H and O–H groups in total. The van der Waals surface area contributed by atoms with Crippen LogP contribution in [0.3, 0.4) is 0 Å². The van der Waals surface area contributed by atoms with Crippen LogP contribution >= 0.6 is 0 Å². The number of hydrogen-bond donors (Lipinski definition) is 2. The smallest absolute Gasteiger partial charge is 0.320 e. The van der Waals surface area contributed by atoms with Gasteiger partial charge in [0, 0.05) is 12.4 Å². The minimum atomic E-state index is -0.846. The number of carboxylic acid groups (broad SMARTS) is 1. The third kappa shape index (κ3) is 3.63. The minimum Gasteiger partial charge on any atom is -0.480 e. The zero-order valence-corrected chi connectivity index (χ0v) is 8.84. The lowest BCUT2D eigenvalue weighted by Crippen LogP contribution is -2.40. The highest BCUT2D eigenvalue weighted by molar-refractivity contribution is 5.73. The van der Waals surface area contributed by atoms with Crippen LogP contribution in [-0.4, -0.2) is 27.1 Å². The van der Waals surface area contributed by atoms with E-state index >= 15 is 0 Å². The van der Waals surface area contributed by atoms with Crippen molar-refractivity contribution in [3.63, 3.8) is 0 Å². The molecule has 0 spiro atoms. The Hall–Kier alpha value is -1.49. The standard InChI is InChI=1S/C10H15N3O2/c1-7(2)9(10(14)15)13-6-8-11-4-3-5-12-8/h3-5,7,9,13H,6H2,1-2H3,(H,14,15). The summed E-state index contributed by atoms with van der Waals surface area (Å²) < 4.78 is 0. The molecule has 0 saturated carbocycles. The summed E-state index contributed by atoms with van der Waals surface area (Å²) in [5.41, 5.74) is 0. The van der Waals surface area contributed by atoms with Gasteiger partial charge in [0.25, 0.3) is 0 Å². The molecule has 0 radical (unpaired) electrons. The number of carbonyl (C=O) groups is 1. The van der Waals surface area contributed by atoms with Crippen molar-refractivity contribution < 1.29 is 9.90 Å². The van der Waals surface area contributed by atoms with E-state index in [0.29, 0.717) is 12.4 Å². The van der Waals surface area contributed by atoms with Gasteiger partial charge in [-0.25, -0.2) is 9.97 Å². The highest BCUT2D eigenvalue weighted by atomic mass is 16.4. The molecule has 0 saturated heterocycles. The Morgan fingerprint density at radius 3 is 2.53 bits per heavy atom. The van der Waals surface area contributed by atoms with Crippen LogP contribution in [0.15, 0.2) is 18.5 Å². The molecular weight excluding hydrogens is 194 g/mol. The zero-order valence-electron chi connectivity index (χ0n) is 8.84. The fourth-order valence-corrected chi connectivity index (χ4v) is 1.23. The van der Waals surface area contributed by atoms with Crippen LogP contribution in [0.2, 0.25) is 0 Å². The summed E-state index contributed by atoms with van der Waals surface area (Å²) in [5, 5.41) is 11.8. The predicted octanol–water partition coefficient (Wildman–Crippen LogP) is 0.675. The molecule has 0 amide bonds. The second-order valence-corrected chi connectivity index (χ2v) is 3.61. The number of nitrogens with one attached hydrogen (secondary N) is 1. The first kappa shape index (κ1) is 11.6. The van der Waals surface area contributed by atoms with E-state index in [0.717, 1.165) is 0 Å². The number of aliphatic carboxylic acids is 1. The van der Waals surface area contributed by atoms with Crippen LogP contribution in [0.25, 0.3) is 0 Å². The van der Waals surface area contributed by atoms with E-state index in [1.165, 1.54) is 0 Å². The van der Waals surface area contributed by atoms with Crippen molar-refractivity contribution in [3.8, 4) is 0 Å². The van der Waals surface area contributed by atoms with Gasteiger partial charge in [-0.3, -0.25) is 10.1 Å². The molecule has 0 aliphatic carbocycles. The minimum absolute atomic E-state index is 0.0335. The summed E-state index contributed by atoms with van der Waals surface area (Å²) in [6, 6.07) is 1.16. The first-order valence-corrected chi connectivity index (χ1v) is 4.83. The monoisotopic (exact) mass is 209 g/mol. The lowest BCUT2D eigenvalue weighted by atomic mass is 10.1. The van der Waals surface area contributed by atoms with Gasteiger partial charge in [0.15, 0.2) is 0 Å². The van der Waals surface area contributed by atoms with Gasteiger partial charge in [-0.2, -0.15) is 0 Å². The highest BCUT2D eigenvalue weighted by Gasteiger charge is 2.20. The van der Waals surface area contributed by atoms with Crippen LogP contribution in [0, 0.1) is 5.92 Å². The van der Waals surface area contributed by atoms with Gasteiger partial charge >= 0.3 is 5.97 Å². The van der Waals surface area contributed by atoms with Gasteiger partial charge in [-0.15, -0.1) is 0 Å². The normalized spacial score (nSPS) is 12.7. The molecule has 1 rings (SSSR count). The summed E-state index contributed by atoms with van der Waals surface area (Å²) in [4.78, 5) is 18.9. The maximum atomic E-state index is 10.9. The Morgan fingerprint density at radius 2 is 2.07 bits per heavy atom.